The van der Waals surface area contributed by atoms with Crippen molar-refractivity contribution in [1.82, 2.24) is 5.32 Å². The van der Waals surface area contributed by atoms with Gasteiger partial charge in [-0.2, -0.15) is 8.78 Å². The fourth-order valence-electron chi connectivity index (χ4n) is 2.03. The van der Waals surface area contributed by atoms with Gasteiger partial charge in [-0.1, -0.05) is 19.1 Å². The predicted molar refractivity (Wildman–Crippen MR) is 68.4 cm³/mol. The Morgan fingerprint density at radius 3 is 2.74 bits per heavy atom. The summed E-state index contributed by atoms with van der Waals surface area (Å²) in [4.78, 5) is 0. The molecule has 1 aliphatic rings. The molecule has 1 saturated heterocycles. The van der Waals surface area contributed by atoms with E-state index in [2.05, 4.69) is 17.0 Å². The van der Waals surface area contributed by atoms with Crippen LogP contribution in [0.5, 0.6) is 5.75 Å². The van der Waals surface area contributed by atoms with E-state index < -0.39 is 6.61 Å². The first kappa shape index (κ1) is 14.2. The van der Waals surface area contributed by atoms with Gasteiger partial charge in [0.05, 0.1) is 13.2 Å². The summed E-state index contributed by atoms with van der Waals surface area (Å²) in [6, 6.07) is 6.88. The van der Waals surface area contributed by atoms with Gasteiger partial charge in [-0.25, -0.2) is 0 Å². The molecule has 0 saturated carbocycles. The lowest BCUT2D eigenvalue weighted by atomic mass is 9.88. The smallest absolute Gasteiger partial charge is 0.387 e. The number of hydrogen-bond acceptors (Lipinski definition) is 3. The SMILES string of the molecule is CC(NCC1(C)COC1)c1cccc(OC(F)F)c1. The monoisotopic (exact) mass is 271 g/mol. The molecule has 1 heterocycles. The highest BCUT2D eigenvalue weighted by Crippen LogP contribution is 2.27. The quantitative estimate of drug-likeness (QED) is 0.863. The average Bonchev–Trinajstić information content (AvgIpc) is 2.33. The molecule has 5 heteroatoms. The van der Waals surface area contributed by atoms with E-state index in [-0.39, 0.29) is 17.2 Å². The van der Waals surface area contributed by atoms with Gasteiger partial charge in [-0.05, 0) is 24.6 Å². The topological polar surface area (TPSA) is 30.5 Å². The molecule has 0 bridgehead atoms. The van der Waals surface area contributed by atoms with Gasteiger partial charge in [0.25, 0.3) is 0 Å². The molecule has 3 nitrogen and oxygen atoms in total. The van der Waals surface area contributed by atoms with Gasteiger partial charge in [0, 0.05) is 18.0 Å². The minimum Gasteiger partial charge on any atom is -0.435 e. The molecule has 1 aromatic carbocycles. The Morgan fingerprint density at radius 2 is 2.16 bits per heavy atom. The van der Waals surface area contributed by atoms with Crippen molar-refractivity contribution in [1.29, 1.82) is 0 Å². The first-order valence-electron chi connectivity index (χ1n) is 6.34. The second kappa shape index (κ2) is 5.84. The summed E-state index contributed by atoms with van der Waals surface area (Å²) in [7, 11) is 0. The van der Waals surface area contributed by atoms with Gasteiger partial charge in [0.1, 0.15) is 5.75 Å². The van der Waals surface area contributed by atoms with Crippen molar-refractivity contribution in [3.8, 4) is 5.75 Å². The van der Waals surface area contributed by atoms with Crippen LogP contribution in [0.25, 0.3) is 0 Å². The van der Waals surface area contributed by atoms with Crippen molar-refractivity contribution in [2.75, 3.05) is 19.8 Å². The maximum Gasteiger partial charge on any atom is 0.387 e. The van der Waals surface area contributed by atoms with Crippen LogP contribution in [-0.2, 0) is 4.74 Å². The maximum absolute atomic E-state index is 12.2. The third-order valence-electron chi connectivity index (χ3n) is 3.32. The third kappa shape index (κ3) is 3.88. The fourth-order valence-corrected chi connectivity index (χ4v) is 2.03. The van der Waals surface area contributed by atoms with E-state index in [1.807, 2.05) is 13.0 Å². The van der Waals surface area contributed by atoms with Gasteiger partial charge in [-0.15, -0.1) is 0 Å². The Balaban J connectivity index is 1.92. The number of alkyl halides is 2. The van der Waals surface area contributed by atoms with Gasteiger partial charge >= 0.3 is 6.61 Å². The summed E-state index contributed by atoms with van der Waals surface area (Å²) < 4.78 is 33.9. The highest BCUT2D eigenvalue weighted by molar-refractivity contribution is 5.30. The summed E-state index contributed by atoms with van der Waals surface area (Å²) in [5.74, 6) is 0.194. The lowest BCUT2D eigenvalue weighted by molar-refractivity contribution is -0.0999. The van der Waals surface area contributed by atoms with Crippen LogP contribution in [0, 0.1) is 5.41 Å². The molecule has 1 aromatic rings. The molecular weight excluding hydrogens is 252 g/mol. The normalized spacial score (nSPS) is 19.0. The minimum absolute atomic E-state index is 0.0821. The zero-order valence-corrected chi connectivity index (χ0v) is 11.2. The maximum atomic E-state index is 12.2. The first-order chi connectivity index (χ1) is 8.98. The molecule has 1 aliphatic heterocycles. The molecule has 0 amide bonds. The average molecular weight is 271 g/mol. The summed E-state index contributed by atoms with van der Waals surface area (Å²) >= 11 is 0. The van der Waals surface area contributed by atoms with E-state index in [1.165, 1.54) is 6.07 Å². The molecule has 2 rings (SSSR count). The van der Waals surface area contributed by atoms with Gasteiger partial charge in [-0.3, -0.25) is 0 Å². The number of rotatable bonds is 6. The Hall–Kier alpha value is -1.20. The standard InChI is InChI=1S/C14H19F2NO2/c1-10(17-7-14(2)8-18-9-14)11-4-3-5-12(6-11)19-13(15)16/h3-6,10,13,17H,7-9H2,1-2H3. The third-order valence-corrected chi connectivity index (χ3v) is 3.32. The Morgan fingerprint density at radius 1 is 1.42 bits per heavy atom. The molecule has 1 unspecified atom stereocenters. The highest BCUT2D eigenvalue weighted by Gasteiger charge is 2.33. The summed E-state index contributed by atoms with van der Waals surface area (Å²) in [6.07, 6.45) is 0. The van der Waals surface area contributed by atoms with Crippen LogP contribution in [-0.4, -0.2) is 26.4 Å². The number of ether oxygens (including phenoxy) is 2. The Labute approximate surface area is 111 Å². The van der Waals surface area contributed by atoms with Crippen LogP contribution in [0.2, 0.25) is 0 Å². The van der Waals surface area contributed by atoms with E-state index in [9.17, 15) is 8.78 Å². The lowest BCUT2D eigenvalue weighted by Gasteiger charge is -2.39. The second-order valence-corrected chi connectivity index (χ2v) is 5.36. The van der Waals surface area contributed by atoms with Crippen LogP contribution >= 0.6 is 0 Å². The first-order valence-corrected chi connectivity index (χ1v) is 6.34. The molecule has 0 aliphatic carbocycles. The molecule has 0 aromatic heterocycles. The van der Waals surface area contributed by atoms with E-state index in [0.29, 0.717) is 0 Å². The van der Waals surface area contributed by atoms with Crippen LogP contribution in [0.1, 0.15) is 25.5 Å². The highest BCUT2D eigenvalue weighted by atomic mass is 19.3. The van der Waals surface area contributed by atoms with E-state index in [1.54, 1.807) is 12.1 Å². The Kier molecular flexibility index (Phi) is 4.37. The van der Waals surface area contributed by atoms with Crippen LogP contribution in [0.15, 0.2) is 24.3 Å². The largest absolute Gasteiger partial charge is 0.435 e. The minimum atomic E-state index is -2.79. The van der Waals surface area contributed by atoms with Crippen molar-refractivity contribution >= 4 is 0 Å². The Bertz CT molecular complexity index is 422. The van der Waals surface area contributed by atoms with E-state index >= 15 is 0 Å². The molecular formula is C14H19F2NO2. The second-order valence-electron chi connectivity index (χ2n) is 5.36. The molecule has 1 N–H and O–H groups in total. The predicted octanol–water partition coefficient (Wildman–Crippen LogP) is 2.98. The van der Waals surface area contributed by atoms with Crippen molar-refractivity contribution < 1.29 is 18.3 Å². The number of hydrogen-bond donors (Lipinski definition) is 1. The molecule has 1 atom stereocenters. The summed E-state index contributed by atoms with van der Waals surface area (Å²) in [5.41, 5.74) is 1.12. The summed E-state index contributed by atoms with van der Waals surface area (Å²) in [6.45, 7) is 3.75. The van der Waals surface area contributed by atoms with Crippen molar-refractivity contribution in [2.45, 2.75) is 26.5 Å². The van der Waals surface area contributed by atoms with Gasteiger partial charge in [0.2, 0.25) is 0 Å². The number of nitrogens with one attached hydrogen (secondary N) is 1. The van der Waals surface area contributed by atoms with Crippen LogP contribution < -0.4 is 10.1 Å². The van der Waals surface area contributed by atoms with Crippen molar-refractivity contribution in [3.05, 3.63) is 29.8 Å². The van der Waals surface area contributed by atoms with Gasteiger partial charge < -0.3 is 14.8 Å². The molecule has 0 radical (unpaired) electrons. The lowest BCUT2D eigenvalue weighted by Crippen LogP contribution is -2.47. The zero-order chi connectivity index (χ0) is 13.9. The van der Waals surface area contributed by atoms with Crippen LogP contribution in [0.3, 0.4) is 0 Å². The van der Waals surface area contributed by atoms with E-state index in [4.69, 9.17) is 4.74 Å². The number of benzene rings is 1. The van der Waals surface area contributed by atoms with E-state index in [0.717, 1.165) is 25.3 Å². The van der Waals surface area contributed by atoms with Crippen LogP contribution in [0.4, 0.5) is 8.78 Å². The van der Waals surface area contributed by atoms with Crippen molar-refractivity contribution in [3.63, 3.8) is 0 Å². The van der Waals surface area contributed by atoms with Crippen molar-refractivity contribution in [2.24, 2.45) is 5.41 Å². The van der Waals surface area contributed by atoms with Gasteiger partial charge in [0.15, 0.2) is 0 Å². The number of halogens is 2. The molecule has 106 valence electrons. The molecule has 1 fully saturated rings. The summed E-state index contributed by atoms with van der Waals surface area (Å²) in [5, 5.41) is 3.40. The fraction of sp³-hybridized carbons (Fsp3) is 0.571. The molecule has 0 spiro atoms. The zero-order valence-electron chi connectivity index (χ0n) is 11.2. The molecule has 19 heavy (non-hydrogen) atoms.